The van der Waals surface area contributed by atoms with Crippen molar-refractivity contribution < 1.29 is 21.7 Å². The topological polar surface area (TPSA) is 12.4 Å². The zero-order chi connectivity index (χ0) is 19.9. The number of rotatable bonds is 3. The van der Waals surface area contributed by atoms with E-state index in [1.165, 1.54) is 5.70 Å². The van der Waals surface area contributed by atoms with Gasteiger partial charge in [0.25, 0.3) is 0 Å². The summed E-state index contributed by atoms with van der Waals surface area (Å²) in [7, 11) is -1.58. The molecule has 0 aromatic carbocycles. The van der Waals surface area contributed by atoms with E-state index in [0.29, 0.717) is 0 Å². The van der Waals surface area contributed by atoms with Crippen LogP contribution in [0.3, 0.4) is 0 Å². The van der Waals surface area contributed by atoms with Gasteiger partial charge in [-0.25, -0.2) is 0 Å². The molecule has 0 amide bonds. The van der Waals surface area contributed by atoms with Gasteiger partial charge in [0.05, 0.1) is 0 Å². The Hall–Kier alpha value is -0.0957. The van der Waals surface area contributed by atoms with E-state index in [0.717, 1.165) is 12.8 Å². The second kappa shape index (κ2) is 11.0. The van der Waals surface area contributed by atoms with Crippen LogP contribution in [0.4, 0.5) is 0 Å². The Bertz CT molecular complexity index is 530. The molecule has 0 heterocycles. The maximum Gasteiger partial charge on any atom is 0.0425 e. The molecule has 1 aliphatic carbocycles. The van der Waals surface area contributed by atoms with Crippen LogP contribution in [0.2, 0.25) is 0 Å². The van der Waals surface area contributed by atoms with Gasteiger partial charge >= 0.3 is 0 Å². The Balaban J connectivity index is 0. The van der Waals surface area contributed by atoms with Crippen LogP contribution in [-0.2, 0) is 21.7 Å². The van der Waals surface area contributed by atoms with Crippen LogP contribution in [0.15, 0.2) is 53.5 Å². The molecule has 0 atom stereocenters. The predicted molar refractivity (Wildman–Crippen MR) is 120 cm³/mol. The second-order valence-corrected chi connectivity index (χ2v) is 15.1. The molecule has 0 aromatic heterocycles. The van der Waals surface area contributed by atoms with Gasteiger partial charge in [-0.1, -0.05) is 106 Å². The van der Waals surface area contributed by atoms with Crippen molar-refractivity contribution in [3.8, 4) is 0 Å². The molecule has 0 bridgehead atoms. The maximum atomic E-state index is 5.43. The molecule has 0 radical (unpaired) electrons. The fraction of sp³-hybridized carbons (Fsp3) is 0.652. The Morgan fingerprint density at radius 1 is 1.00 bits per heavy atom. The third-order valence-electron chi connectivity index (χ3n) is 4.45. The molecule has 26 heavy (non-hydrogen) atoms. The molecule has 0 saturated carbocycles. The third-order valence-corrected chi connectivity index (χ3v) is 10.8. The summed E-state index contributed by atoms with van der Waals surface area (Å²) >= 11 is 0. The molecule has 1 rings (SSSR count). The van der Waals surface area contributed by atoms with Gasteiger partial charge in [0.1, 0.15) is 0 Å². The van der Waals surface area contributed by atoms with E-state index in [4.69, 9.17) is 4.74 Å². The first-order chi connectivity index (χ1) is 11.2. The molecular weight excluding hydrogens is 369 g/mol. The van der Waals surface area contributed by atoms with Crippen molar-refractivity contribution in [3.05, 3.63) is 48.7 Å². The summed E-state index contributed by atoms with van der Waals surface area (Å²) in [5.41, 5.74) is 1.27. The van der Waals surface area contributed by atoms with E-state index in [2.05, 4.69) is 100 Å². The monoisotopic (exact) mass is 411 g/mol. The molecule has 0 fully saturated rings. The second-order valence-electron chi connectivity index (χ2n) is 9.61. The summed E-state index contributed by atoms with van der Waals surface area (Å²) in [5.74, 6) is 0. The first-order valence-electron chi connectivity index (χ1n) is 9.50. The van der Waals surface area contributed by atoms with E-state index in [1.807, 2.05) is 6.08 Å². The Morgan fingerprint density at radius 3 is 1.69 bits per heavy atom. The van der Waals surface area contributed by atoms with Crippen LogP contribution >= 0.6 is 7.05 Å². The molecule has 1 aliphatic rings. The Kier molecular flexibility index (Phi) is 11.9. The summed E-state index contributed by atoms with van der Waals surface area (Å²) in [4.78, 5) is 0. The molecule has 0 saturated heterocycles. The zero-order valence-electron chi connectivity index (χ0n) is 19.0. The number of nitrogens with zero attached hydrogens (tertiary/aromatic N) is 1. The average Bonchev–Trinajstić information content (AvgIpc) is 2.92. The average molecular weight is 411 g/mol. The number of hydrogen-bond acceptors (Lipinski definition) is 1. The normalized spacial score (nSPS) is 15.1. The Labute approximate surface area is 179 Å². The Morgan fingerprint density at radius 2 is 1.46 bits per heavy atom. The molecule has 0 unspecified atom stereocenters. The minimum atomic E-state index is -1.58. The van der Waals surface area contributed by atoms with Gasteiger partial charge < -0.3 is 0 Å². The van der Waals surface area contributed by atoms with Gasteiger partial charge in [-0.3, -0.25) is 4.74 Å². The van der Waals surface area contributed by atoms with Gasteiger partial charge in [0, 0.05) is 33.8 Å². The summed E-state index contributed by atoms with van der Waals surface area (Å²) in [6.45, 7) is 27.0. The van der Waals surface area contributed by atoms with E-state index in [1.54, 1.807) is 6.08 Å². The minimum Gasteiger partial charge on any atom is -0.270 e. The summed E-state index contributed by atoms with van der Waals surface area (Å²) in [5, 5.41) is 0.646. The summed E-state index contributed by atoms with van der Waals surface area (Å²) in [6, 6.07) is 0. The van der Waals surface area contributed by atoms with Crippen molar-refractivity contribution in [1.29, 1.82) is 0 Å². The maximum absolute atomic E-state index is 5.43. The first kappa shape index (κ1) is 28.1. The van der Waals surface area contributed by atoms with Gasteiger partial charge in [0.15, 0.2) is 0 Å². The van der Waals surface area contributed by atoms with Crippen LogP contribution < -0.4 is 0 Å². The summed E-state index contributed by atoms with van der Waals surface area (Å²) in [6.07, 6.45) is 14.4. The standard InChI is InChI=1S/C17H32NP.C6H10.Ti/c1-15(2,3)19(16(4,5)6,17(7,8)9)18-14-12-10-11-13-14;1-3-5-6-4-2;/h10-12H,13H2,1-9H3;3,5-6H,1,4H2,2H3;. The van der Waals surface area contributed by atoms with Crippen molar-refractivity contribution in [1.82, 2.24) is 0 Å². The van der Waals surface area contributed by atoms with Crippen molar-refractivity contribution in [2.45, 2.75) is 97.5 Å². The molecule has 0 aliphatic heterocycles. The van der Waals surface area contributed by atoms with Crippen molar-refractivity contribution in [2.24, 2.45) is 4.74 Å². The van der Waals surface area contributed by atoms with Crippen LogP contribution in [-0.4, -0.2) is 15.5 Å². The van der Waals surface area contributed by atoms with Gasteiger partial charge in [-0.05, 0) is 35.0 Å². The SMILES string of the molecule is C=CC=CCC.CC(C)(C)P(=NC1=CC=CC1)(C(C)(C)C)C(C)(C)C.[Ti]. The number of hydrogen-bond donors (Lipinski definition) is 0. The van der Waals surface area contributed by atoms with Gasteiger partial charge in [-0.15, -0.1) is 0 Å². The van der Waals surface area contributed by atoms with Gasteiger partial charge in [-0.2, -0.15) is 0 Å². The molecular formula is C23H42NPTi. The van der Waals surface area contributed by atoms with E-state index in [9.17, 15) is 0 Å². The van der Waals surface area contributed by atoms with E-state index in [-0.39, 0.29) is 37.2 Å². The minimum absolute atomic E-state index is 0. The number of allylic oxidation sites excluding steroid dienone is 6. The molecule has 1 nitrogen and oxygen atoms in total. The fourth-order valence-electron chi connectivity index (χ4n) is 4.40. The molecule has 0 spiro atoms. The van der Waals surface area contributed by atoms with Crippen molar-refractivity contribution in [2.75, 3.05) is 0 Å². The molecule has 3 heteroatoms. The van der Waals surface area contributed by atoms with Gasteiger partial charge in [0.2, 0.25) is 0 Å². The predicted octanol–water partition coefficient (Wildman–Crippen LogP) is 8.56. The zero-order valence-corrected chi connectivity index (χ0v) is 21.4. The summed E-state index contributed by atoms with van der Waals surface area (Å²) < 4.78 is 5.43. The quantitative estimate of drug-likeness (QED) is 0.251. The fourth-order valence-corrected chi connectivity index (χ4v) is 11.9. The van der Waals surface area contributed by atoms with Crippen LogP contribution in [0.25, 0.3) is 0 Å². The third kappa shape index (κ3) is 7.14. The smallest absolute Gasteiger partial charge is 0.0425 e. The van der Waals surface area contributed by atoms with Crippen LogP contribution in [0.5, 0.6) is 0 Å². The molecule has 0 aromatic rings. The molecule has 0 N–H and O–H groups in total. The molecule has 148 valence electrons. The van der Waals surface area contributed by atoms with Crippen molar-refractivity contribution in [3.63, 3.8) is 0 Å². The first-order valence-corrected chi connectivity index (χ1v) is 11.2. The van der Waals surface area contributed by atoms with E-state index >= 15 is 0 Å². The van der Waals surface area contributed by atoms with E-state index < -0.39 is 7.05 Å². The van der Waals surface area contributed by atoms with Crippen LogP contribution in [0.1, 0.15) is 82.1 Å². The van der Waals surface area contributed by atoms with Crippen LogP contribution in [0, 0.1) is 0 Å². The van der Waals surface area contributed by atoms with Crippen molar-refractivity contribution >= 4 is 7.05 Å². The largest absolute Gasteiger partial charge is 0.270 e.